The Morgan fingerprint density at radius 2 is 2.26 bits per heavy atom. The first kappa shape index (κ1) is 14.9. The highest BCUT2D eigenvalue weighted by Crippen LogP contribution is 2.25. The van der Waals surface area contributed by atoms with E-state index in [0.29, 0.717) is 12.1 Å². The third-order valence-electron chi connectivity index (χ3n) is 3.47. The molecule has 0 aliphatic carbocycles. The average molecular weight is 279 g/mol. The molecule has 0 bridgehead atoms. The van der Waals surface area contributed by atoms with Gasteiger partial charge in [-0.2, -0.15) is 0 Å². The fraction of sp³-hybridized carbons (Fsp3) is 0.625. The van der Waals surface area contributed by atoms with Crippen LogP contribution in [0.1, 0.15) is 37.8 Å². The standard InChI is InChI=1S/C16H25NOS/c1-12(2)17-10-14-6-7-16(9-13(14)3)19-11-15-5-4-8-18-15/h6-7,9,12,15,17H,4-5,8,10-11H2,1-3H3. The summed E-state index contributed by atoms with van der Waals surface area (Å²) < 4.78 is 5.66. The smallest absolute Gasteiger partial charge is 0.0669 e. The van der Waals surface area contributed by atoms with E-state index < -0.39 is 0 Å². The first-order chi connectivity index (χ1) is 9.15. The molecule has 1 heterocycles. The highest BCUT2D eigenvalue weighted by molar-refractivity contribution is 7.99. The number of nitrogens with one attached hydrogen (secondary N) is 1. The number of hydrogen-bond acceptors (Lipinski definition) is 3. The lowest BCUT2D eigenvalue weighted by atomic mass is 10.1. The molecular formula is C16H25NOS. The lowest BCUT2D eigenvalue weighted by Crippen LogP contribution is -2.22. The van der Waals surface area contributed by atoms with Gasteiger partial charge in [-0.15, -0.1) is 11.8 Å². The van der Waals surface area contributed by atoms with Crippen molar-refractivity contribution >= 4 is 11.8 Å². The second-order valence-electron chi connectivity index (χ2n) is 5.57. The maximum Gasteiger partial charge on any atom is 0.0669 e. The summed E-state index contributed by atoms with van der Waals surface area (Å²) in [7, 11) is 0. The van der Waals surface area contributed by atoms with Gasteiger partial charge in [-0.05, 0) is 43.0 Å². The highest BCUT2D eigenvalue weighted by atomic mass is 32.2. The van der Waals surface area contributed by atoms with Crippen molar-refractivity contribution in [2.45, 2.75) is 57.2 Å². The molecule has 1 atom stereocenters. The summed E-state index contributed by atoms with van der Waals surface area (Å²) in [4.78, 5) is 1.36. The molecule has 106 valence electrons. The van der Waals surface area contributed by atoms with E-state index in [9.17, 15) is 0 Å². The summed E-state index contributed by atoms with van der Waals surface area (Å²) in [5.74, 6) is 1.09. The molecule has 2 nitrogen and oxygen atoms in total. The van der Waals surface area contributed by atoms with E-state index in [1.165, 1.54) is 28.9 Å². The number of benzene rings is 1. The molecule has 0 aromatic heterocycles. The van der Waals surface area contributed by atoms with Gasteiger partial charge in [0, 0.05) is 29.8 Å². The van der Waals surface area contributed by atoms with Crippen LogP contribution in [-0.2, 0) is 11.3 Å². The van der Waals surface area contributed by atoms with E-state index in [4.69, 9.17) is 4.74 Å². The molecule has 1 aliphatic rings. The van der Waals surface area contributed by atoms with Crippen molar-refractivity contribution in [2.24, 2.45) is 0 Å². The fourth-order valence-corrected chi connectivity index (χ4v) is 3.30. The van der Waals surface area contributed by atoms with Crippen molar-refractivity contribution in [3.63, 3.8) is 0 Å². The van der Waals surface area contributed by atoms with Gasteiger partial charge in [0.2, 0.25) is 0 Å². The molecule has 0 radical (unpaired) electrons. The van der Waals surface area contributed by atoms with Crippen LogP contribution >= 0.6 is 11.8 Å². The van der Waals surface area contributed by atoms with Crippen LogP contribution in [0.15, 0.2) is 23.1 Å². The molecule has 1 N–H and O–H groups in total. The Hall–Kier alpha value is -0.510. The third-order valence-corrected chi connectivity index (χ3v) is 4.60. The van der Waals surface area contributed by atoms with Crippen molar-refractivity contribution < 1.29 is 4.74 Å². The Balaban J connectivity index is 1.86. The van der Waals surface area contributed by atoms with E-state index in [1.54, 1.807) is 0 Å². The Labute approximate surface area is 121 Å². The zero-order valence-electron chi connectivity index (χ0n) is 12.2. The van der Waals surface area contributed by atoms with Gasteiger partial charge >= 0.3 is 0 Å². The van der Waals surface area contributed by atoms with Crippen LogP contribution in [0.2, 0.25) is 0 Å². The Morgan fingerprint density at radius 1 is 1.42 bits per heavy atom. The molecule has 1 aromatic carbocycles. The number of thioether (sulfide) groups is 1. The van der Waals surface area contributed by atoms with Crippen LogP contribution in [0.5, 0.6) is 0 Å². The number of ether oxygens (including phenoxy) is 1. The second-order valence-corrected chi connectivity index (χ2v) is 6.66. The maximum atomic E-state index is 5.66. The summed E-state index contributed by atoms with van der Waals surface area (Å²) in [5.41, 5.74) is 2.78. The minimum Gasteiger partial charge on any atom is -0.377 e. The van der Waals surface area contributed by atoms with Crippen LogP contribution in [0, 0.1) is 6.92 Å². The SMILES string of the molecule is Cc1cc(SCC2CCCO2)ccc1CNC(C)C. The van der Waals surface area contributed by atoms with E-state index in [1.807, 2.05) is 11.8 Å². The van der Waals surface area contributed by atoms with Gasteiger partial charge in [-0.3, -0.25) is 0 Å². The molecule has 0 saturated carbocycles. The predicted octanol–water partition coefficient (Wildman–Crippen LogP) is 3.76. The largest absolute Gasteiger partial charge is 0.377 e. The monoisotopic (exact) mass is 279 g/mol. The van der Waals surface area contributed by atoms with Gasteiger partial charge in [-0.1, -0.05) is 19.9 Å². The van der Waals surface area contributed by atoms with Crippen LogP contribution in [0.4, 0.5) is 0 Å². The van der Waals surface area contributed by atoms with Crippen molar-refractivity contribution in [3.05, 3.63) is 29.3 Å². The van der Waals surface area contributed by atoms with Crippen molar-refractivity contribution in [3.8, 4) is 0 Å². The van der Waals surface area contributed by atoms with Crippen LogP contribution in [0.25, 0.3) is 0 Å². The quantitative estimate of drug-likeness (QED) is 0.801. The number of rotatable bonds is 6. The molecule has 1 aliphatic heterocycles. The molecule has 2 rings (SSSR count). The lowest BCUT2D eigenvalue weighted by molar-refractivity contribution is 0.129. The lowest BCUT2D eigenvalue weighted by Gasteiger charge is -2.13. The van der Waals surface area contributed by atoms with Gasteiger partial charge in [0.15, 0.2) is 0 Å². The Morgan fingerprint density at radius 3 is 2.89 bits per heavy atom. The first-order valence-corrected chi connectivity index (χ1v) is 8.21. The Bertz CT molecular complexity index is 400. The van der Waals surface area contributed by atoms with Crippen LogP contribution < -0.4 is 5.32 Å². The zero-order valence-corrected chi connectivity index (χ0v) is 13.1. The maximum absolute atomic E-state index is 5.66. The molecule has 19 heavy (non-hydrogen) atoms. The molecular weight excluding hydrogens is 254 g/mol. The topological polar surface area (TPSA) is 21.3 Å². The normalized spacial score (nSPS) is 19.3. The molecule has 1 aromatic rings. The van der Waals surface area contributed by atoms with Gasteiger partial charge in [0.25, 0.3) is 0 Å². The van der Waals surface area contributed by atoms with Gasteiger partial charge in [0.05, 0.1) is 6.10 Å². The highest BCUT2D eigenvalue weighted by Gasteiger charge is 2.15. The Kier molecular flexibility index (Phi) is 5.74. The van der Waals surface area contributed by atoms with Gasteiger partial charge in [0.1, 0.15) is 0 Å². The molecule has 1 saturated heterocycles. The van der Waals surface area contributed by atoms with E-state index in [2.05, 4.69) is 44.3 Å². The molecule has 1 unspecified atom stereocenters. The second kappa shape index (κ2) is 7.32. The van der Waals surface area contributed by atoms with Crippen molar-refractivity contribution in [1.82, 2.24) is 5.32 Å². The first-order valence-electron chi connectivity index (χ1n) is 7.22. The van der Waals surface area contributed by atoms with E-state index in [-0.39, 0.29) is 0 Å². The summed E-state index contributed by atoms with van der Waals surface area (Å²) in [5, 5.41) is 3.47. The molecule has 3 heteroatoms. The number of aryl methyl sites for hydroxylation is 1. The summed E-state index contributed by atoms with van der Waals surface area (Å²) in [6.07, 6.45) is 2.92. The molecule has 0 spiro atoms. The zero-order chi connectivity index (χ0) is 13.7. The third kappa shape index (κ3) is 4.83. The van der Waals surface area contributed by atoms with Gasteiger partial charge in [-0.25, -0.2) is 0 Å². The molecule has 1 fully saturated rings. The van der Waals surface area contributed by atoms with Crippen LogP contribution in [0.3, 0.4) is 0 Å². The number of hydrogen-bond donors (Lipinski definition) is 1. The summed E-state index contributed by atoms with van der Waals surface area (Å²) in [6, 6.07) is 7.33. The summed E-state index contributed by atoms with van der Waals surface area (Å²) >= 11 is 1.92. The minimum atomic E-state index is 0.465. The van der Waals surface area contributed by atoms with Crippen molar-refractivity contribution in [2.75, 3.05) is 12.4 Å². The average Bonchev–Trinajstić information content (AvgIpc) is 2.88. The van der Waals surface area contributed by atoms with Gasteiger partial charge < -0.3 is 10.1 Å². The fourth-order valence-electron chi connectivity index (χ4n) is 2.24. The van der Waals surface area contributed by atoms with E-state index >= 15 is 0 Å². The predicted molar refractivity (Wildman–Crippen MR) is 82.9 cm³/mol. The van der Waals surface area contributed by atoms with Crippen molar-refractivity contribution in [1.29, 1.82) is 0 Å². The minimum absolute atomic E-state index is 0.465. The van der Waals surface area contributed by atoms with E-state index in [0.717, 1.165) is 18.9 Å². The molecule has 0 amide bonds. The summed E-state index contributed by atoms with van der Waals surface area (Å²) in [6.45, 7) is 8.47. The van der Waals surface area contributed by atoms with Crippen LogP contribution in [-0.4, -0.2) is 24.5 Å².